The number of hydrogen-bond donors (Lipinski definition) is 1. The monoisotopic (exact) mass is 268 g/mol. The number of ether oxygens (including phenoxy) is 1. The fraction of sp³-hybridized carbons (Fsp3) is 0. The summed E-state index contributed by atoms with van der Waals surface area (Å²) in [5.74, 6) is -2.46. The lowest BCUT2D eigenvalue weighted by atomic mass is 10.2. The molecule has 0 aromatic carbocycles. The largest absolute Gasteiger partial charge is 0.478 e. The van der Waals surface area contributed by atoms with Gasteiger partial charge in [-0.25, -0.2) is 14.2 Å². The average Bonchev–Trinajstić information content (AvgIpc) is 2.33. The van der Waals surface area contributed by atoms with Crippen LogP contribution in [0.15, 0.2) is 30.7 Å². The van der Waals surface area contributed by atoms with Crippen LogP contribution in [0.4, 0.5) is 4.39 Å². The molecule has 0 amide bonds. The number of halogens is 2. The van der Waals surface area contributed by atoms with Crippen molar-refractivity contribution in [3.05, 3.63) is 47.1 Å². The van der Waals surface area contributed by atoms with Crippen molar-refractivity contribution >= 4 is 17.6 Å². The van der Waals surface area contributed by atoms with Crippen molar-refractivity contribution in [3.63, 3.8) is 0 Å². The van der Waals surface area contributed by atoms with Crippen LogP contribution < -0.4 is 4.74 Å². The Morgan fingerprint density at radius 3 is 2.89 bits per heavy atom. The van der Waals surface area contributed by atoms with E-state index in [1.807, 2.05) is 0 Å². The predicted octanol–water partition coefficient (Wildman–Crippen LogP) is 2.76. The van der Waals surface area contributed by atoms with E-state index in [2.05, 4.69) is 9.97 Å². The Kier molecular flexibility index (Phi) is 3.38. The van der Waals surface area contributed by atoms with E-state index in [0.717, 1.165) is 6.07 Å². The summed E-state index contributed by atoms with van der Waals surface area (Å²) in [6.07, 6.45) is 3.65. The molecule has 5 nitrogen and oxygen atoms in total. The van der Waals surface area contributed by atoms with Crippen molar-refractivity contribution in [2.24, 2.45) is 0 Å². The zero-order valence-corrected chi connectivity index (χ0v) is 9.56. The summed E-state index contributed by atoms with van der Waals surface area (Å²) in [6.45, 7) is 0. The van der Waals surface area contributed by atoms with Gasteiger partial charge in [-0.3, -0.25) is 4.98 Å². The molecule has 0 fully saturated rings. The molecule has 0 bridgehead atoms. The molecule has 0 aliphatic rings. The Bertz CT molecular complexity index is 607. The highest BCUT2D eigenvalue weighted by molar-refractivity contribution is 6.30. The standard InChI is InChI=1S/C11H6ClFN2O3/c12-6-3-8(13)10(15-4-6)18-9-5-14-2-1-7(9)11(16)17/h1-5H,(H,16,17). The molecule has 0 aliphatic carbocycles. The Morgan fingerprint density at radius 1 is 1.44 bits per heavy atom. The average molecular weight is 269 g/mol. The molecule has 0 radical (unpaired) electrons. The highest BCUT2D eigenvalue weighted by Gasteiger charge is 2.14. The van der Waals surface area contributed by atoms with Gasteiger partial charge in [-0.05, 0) is 12.1 Å². The summed E-state index contributed by atoms with van der Waals surface area (Å²) < 4.78 is 18.5. The number of aromatic nitrogens is 2. The third-order valence-corrected chi connectivity index (χ3v) is 2.20. The van der Waals surface area contributed by atoms with Gasteiger partial charge in [0.2, 0.25) is 0 Å². The van der Waals surface area contributed by atoms with Crippen molar-refractivity contribution in [1.82, 2.24) is 9.97 Å². The van der Waals surface area contributed by atoms with Crippen molar-refractivity contribution in [2.75, 3.05) is 0 Å². The zero-order chi connectivity index (χ0) is 13.1. The van der Waals surface area contributed by atoms with Gasteiger partial charge in [0.05, 0.1) is 11.2 Å². The second-order valence-corrected chi connectivity index (χ2v) is 3.66. The van der Waals surface area contributed by atoms with Crippen LogP contribution in [-0.2, 0) is 0 Å². The van der Waals surface area contributed by atoms with E-state index in [-0.39, 0.29) is 22.2 Å². The maximum absolute atomic E-state index is 13.4. The first kappa shape index (κ1) is 12.3. The van der Waals surface area contributed by atoms with Gasteiger partial charge in [-0.15, -0.1) is 0 Å². The van der Waals surface area contributed by atoms with E-state index in [1.165, 1.54) is 24.7 Å². The van der Waals surface area contributed by atoms with E-state index in [4.69, 9.17) is 21.4 Å². The predicted molar refractivity (Wildman–Crippen MR) is 60.5 cm³/mol. The summed E-state index contributed by atoms with van der Waals surface area (Å²) >= 11 is 5.54. The molecule has 0 unspecified atom stereocenters. The topological polar surface area (TPSA) is 72.3 Å². The van der Waals surface area contributed by atoms with Gasteiger partial charge in [0.25, 0.3) is 5.88 Å². The molecule has 0 spiro atoms. The zero-order valence-electron chi connectivity index (χ0n) is 8.80. The molecule has 0 saturated carbocycles. The summed E-state index contributed by atoms with van der Waals surface area (Å²) in [6, 6.07) is 2.26. The fourth-order valence-corrected chi connectivity index (χ4v) is 1.36. The van der Waals surface area contributed by atoms with E-state index in [9.17, 15) is 9.18 Å². The molecular formula is C11H6ClFN2O3. The number of carbonyl (C=O) groups is 1. The minimum absolute atomic E-state index is 0.0984. The van der Waals surface area contributed by atoms with Gasteiger partial charge in [0.15, 0.2) is 11.6 Å². The Morgan fingerprint density at radius 2 is 2.22 bits per heavy atom. The van der Waals surface area contributed by atoms with E-state index >= 15 is 0 Å². The van der Waals surface area contributed by atoms with Crippen molar-refractivity contribution in [1.29, 1.82) is 0 Å². The third-order valence-electron chi connectivity index (χ3n) is 2.00. The number of carboxylic acid groups (broad SMARTS) is 1. The van der Waals surface area contributed by atoms with Gasteiger partial charge in [-0.2, -0.15) is 0 Å². The Hall–Kier alpha value is -2.21. The van der Waals surface area contributed by atoms with Crippen molar-refractivity contribution < 1.29 is 19.0 Å². The molecule has 0 atom stereocenters. The Labute approximate surface area is 106 Å². The molecular weight excluding hydrogens is 263 g/mol. The maximum atomic E-state index is 13.4. The second-order valence-electron chi connectivity index (χ2n) is 3.22. The molecule has 2 aromatic rings. The first-order valence-corrected chi connectivity index (χ1v) is 5.12. The number of rotatable bonds is 3. The molecule has 0 saturated heterocycles. The molecule has 92 valence electrons. The molecule has 1 N–H and O–H groups in total. The van der Waals surface area contributed by atoms with Crippen LogP contribution in [-0.4, -0.2) is 21.0 Å². The van der Waals surface area contributed by atoms with E-state index in [0.29, 0.717) is 0 Å². The minimum atomic E-state index is -1.21. The van der Waals surface area contributed by atoms with E-state index < -0.39 is 11.8 Å². The number of hydrogen-bond acceptors (Lipinski definition) is 4. The number of aromatic carboxylic acids is 1. The van der Waals surface area contributed by atoms with Gasteiger partial charge < -0.3 is 9.84 Å². The van der Waals surface area contributed by atoms with Gasteiger partial charge in [0.1, 0.15) is 5.56 Å². The SMILES string of the molecule is O=C(O)c1ccncc1Oc1ncc(Cl)cc1F. The summed E-state index contributed by atoms with van der Waals surface area (Å²) in [5.41, 5.74) is -0.138. The molecule has 7 heteroatoms. The number of pyridine rings is 2. The highest BCUT2D eigenvalue weighted by atomic mass is 35.5. The number of nitrogens with zero attached hydrogens (tertiary/aromatic N) is 2. The first-order valence-electron chi connectivity index (χ1n) is 4.74. The number of carboxylic acids is 1. The molecule has 18 heavy (non-hydrogen) atoms. The quantitative estimate of drug-likeness (QED) is 0.927. The molecule has 2 aromatic heterocycles. The second kappa shape index (κ2) is 4.97. The highest BCUT2D eigenvalue weighted by Crippen LogP contribution is 2.26. The lowest BCUT2D eigenvalue weighted by Crippen LogP contribution is -2.01. The lowest BCUT2D eigenvalue weighted by molar-refractivity contribution is 0.0693. The van der Waals surface area contributed by atoms with Crippen molar-refractivity contribution in [3.8, 4) is 11.6 Å². The van der Waals surface area contributed by atoms with E-state index in [1.54, 1.807) is 0 Å². The molecule has 2 rings (SSSR count). The van der Waals surface area contributed by atoms with Gasteiger partial charge >= 0.3 is 5.97 Å². The lowest BCUT2D eigenvalue weighted by Gasteiger charge is -2.07. The fourth-order valence-electron chi connectivity index (χ4n) is 1.22. The molecule has 0 aliphatic heterocycles. The normalized spacial score (nSPS) is 10.1. The van der Waals surface area contributed by atoms with Crippen LogP contribution in [0.5, 0.6) is 11.6 Å². The van der Waals surface area contributed by atoms with Gasteiger partial charge in [-0.1, -0.05) is 11.6 Å². The Balaban J connectivity index is 2.37. The summed E-state index contributed by atoms with van der Waals surface area (Å²) in [4.78, 5) is 18.2. The summed E-state index contributed by atoms with van der Waals surface area (Å²) in [7, 11) is 0. The maximum Gasteiger partial charge on any atom is 0.339 e. The third kappa shape index (κ3) is 2.54. The van der Waals surface area contributed by atoms with Crippen LogP contribution >= 0.6 is 11.6 Å². The van der Waals surface area contributed by atoms with Crippen LogP contribution in [0.25, 0.3) is 0 Å². The van der Waals surface area contributed by atoms with Crippen LogP contribution in [0, 0.1) is 5.82 Å². The summed E-state index contributed by atoms with van der Waals surface area (Å²) in [5, 5.41) is 9.03. The van der Waals surface area contributed by atoms with Gasteiger partial charge in [0, 0.05) is 12.4 Å². The van der Waals surface area contributed by atoms with Crippen molar-refractivity contribution in [2.45, 2.75) is 0 Å². The first-order chi connectivity index (χ1) is 8.58. The smallest absolute Gasteiger partial charge is 0.339 e. The van der Waals surface area contributed by atoms with Crippen LogP contribution in [0.2, 0.25) is 5.02 Å². The minimum Gasteiger partial charge on any atom is -0.478 e. The van der Waals surface area contributed by atoms with Crippen LogP contribution in [0.1, 0.15) is 10.4 Å². The molecule has 2 heterocycles. The van der Waals surface area contributed by atoms with Crippen LogP contribution in [0.3, 0.4) is 0 Å².